The lowest BCUT2D eigenvalue weighted by molar-refractivity contribution is 0.329. The van der Waals surface area contributed by atoms with Crippen molar-refractivity contribution in [3.8, 4) is 5.75 Å². The largest absolute Gasteiger partial charge is 0.491 e. The minimum absolute atomic E-state index is 0.648. The van der Waals surface area contributed by atoms with E-state index in [1.807, 2.05) is 18.2 Å². The van der Waals surface area contributed by atoms with Gasteiger partial charge < -0.3 is 19.4 Å². The predicted molar refractivity (Wildman–Crippen MR) is 79.4 cm³/mol. The van der Waals surface area contributed by atoms with E-state index < -0.39 is 0 Å². The van der Waals surface area contributed by atoms with Gasteiger partial charge in [0.2, 0.25) is 0 Å². The van der Waals surface area contributed by atoms with Crippen LogP contribution < -0.4 is 15.0 Å². The average Bonchev–Trinajstić information content (AvgIpc) is 3.26. The standard InChI is InChI=1S/C16H19N3O2/c1-2-4-15-12(3-1)10-19(7-8-20-15)16-18-14(11-21-16)9-17-13-5-6-13/h1-4,11,13,17H,5-10H2. The van der Waals surface area contributed by atoms with Crippen LogP contribution in [0, 0.1) is 0 Å². The lowest BCUT2D eigenvalue weighted by atomic mass is 10.2. The number of nitrogens with zero attached hydrogens (tertiary/aromatic N) is 2. The van der Waals surface area contributed by atoms with Crippen molar-refractivity contribution < 1.29 is 9.15 Å². The Hall–Kier alpha value is -2.01. The maximum absolute atomic E-state index is 5.77. The third-order valence-electron chi connectivity index (χ3n) is 3.91. The van der Waals surface area contributed by atoms with Gasteiger partial charge in [-0.3, -0.25) is 0 Å². The monoisotopic (exact) mass is 285 g/mol. The fourth-order valence-corrected chi connectivity index (χ4v) is 2.55. The molecule has 0 spiro atoms. The summed E-state index contributed by atoms with van der Waals surface area (Å²) >= 11 is 0. The highest BCUT2D eigenvalue weighted by molar-refractivity contribution is 5.39. The van der Waals surface area contributed by atoms with Gasteiger partial charge in [-0.1, -0.05) is 18.2 Å². The van der Waals surface area contributed by atoms with Crippen LogP contribution in [0.25, 0.3) is 0 Å². The summed E-state index contributed by atoms with van der Waals surface area (Å²) in [5, 5.41) is 3.45. The van der Waals surface area contributed by atoms with Crippen molar-refractivity contribution in [1.29, 1.82) is 0 Å². The maximum atomic E-state index is 5.77. The van der Waals surface area contributed by atoms with Crippen LogP contribution in [0.5, 0.6) is 5.75 Å². The van der Waals surface area contributed by atoms with E-state index in [4.69, 9.17) is 9.15 Å². The molecule has 0 atom stereocenters. The molecule has 1 fully saturated rings. The molecule has 5 nitrogen and oxygen atoms in total. The Balaban J connectivity index is 1.47. The van der Waals surface area contributed by atoms with E-state index in [2.05, 4.69) is 21.3 Å². The molecule has 21 heavy (non-hydrogen) atoms. The number of ether oxygens (including phenoxy) is 1. The highest BCUT2D eigenvalue weighted by Gasteiger charge is 2.22. The summed E-state index contributed by atoms with van der Waals surface area (Å²) in [7, 11) is 0. The SMILES string of the molecule is c1ccc2c(c1)CN(c1nc(CNC3CC3)co1)CCO2. The Bertz CT molecular complexity index is 621. The van der Waals surface area contributed by atoms with E-state index in [1.54, 1.807) is 6.26 Å². The highest BCUT2D eigenvalue weighted by Crippen LogP contribution is 2.26. The quantitative estimate of drug-likeness (QED) is 0.934. The lowest BCUT2D eigenvalue weighted by Gasteiger charge is -2.16. The van der Waals surface area contributed by atoms with Gasteiger partial charge in [-0.15, -0.1) is 0 Å². The molecule has 0 unspecified atom stereocenters. The van der Waals surface area contributed by atoms with Crippen LogP contribution in [-0.2, 0) is 13.1 Å². The summed E-state index contributed by atoms with van der Waals surface area (Å²) in [6.07, 6.45) is 4.32. The van der Waals surface area contributed by atoms with E-state index in [1.165, 1.54) is 18.4 Å². The molecule has 0 amide bonds. The molecule has 2 aliphatic rings. The van der Waals surface area contributed by atoms with Crippen LogP contribution in [0.3, 0.4) is 0 Å². The number of hydrogen-bond acceptors (Lipinski definition) is 5. The minimum Gasteiger partial charge on any atom is -0.491 e. The van der Waals surface area contributed by atoms with Crippen LogP contribution >= 0.6 is 0 Å². The van der Waals surface area contributed by atoms with Crippen LogP contribution in [-0.4, -0.2) is 24.2 Å². The second kappa shape index (κ2) is 5.41. The molecular weight excluding hydrogens is 266 g/mol. The van der Waals surface area contributed by atoms with Crippen molar-refractivity contribution in [1.82, 2.24) is 10.3 Å². The topological polar surface area (TPSA) is 50.5 Å². The molecule has 1 aliphatic heterocycles. The number of rotatable bonds is 4. The van der Waals surface area contributed by atoms with E-state index >= 15 is 0 Å². The number of hydrogen-bond donors (Lipinski definition) is 1. The molecule has 110 valence electrons. The van der Waals surface area contributed by atoms with Gasteiger partial charge in [-0.25, -0.2) is 0 Å². The number of aromatic nitrogens is 1. The van der Waals surface area contributed by atoms with E-state index in [9.17, 15) is 0 Å². The number of anilines is 1. The highest BCUT2D eigenvalue weighted by atomic mass is 16.5. The van der Waals surface area contributed by atoms with Crippen molar-refractivity contribution in [3.63, 3.8) is 0 Å². The summed E-state index contributed by atoms with van der Waals surface area (Å²) in [6, 6.07) is 9.51. The van der Waals surface area contributed by atoms with E-state index in [-0.39, 0.29) is 0 Å². The minimum atomic E-state index is 0.648. The summed E-state index contributed by atoms with van der Waals surface area (Å²) in [6.45, 7) is 2.99. The van der Waals surface area contributed by atoms with Crippen LogP contribution in [0.15, 0.2) is 34.9 Å². The predicted octanol–water partition coefficient (Wildman–Crippen LogP) is 2.33. The normalized spacial score (nSPS) is 18.0. The number of fused-ring (bicyclic) bond motifs is 1. The Morgan fingerprint density at radius 1 is 1.29 bits per heavy atom. The molecule has 5 heteroatoms. The van der Waals surface area contributed by atoms with Gasteiger partial charge in [-0.2, -0.15) is 4.98 Å². The number of benzene rings is 1. The lowest BCUT2D eigenvalue weighted by Crippen LogP contribution is -2.25. The summed E-state index contributed by atoms with van der Waals surface area (Å²) in [5.74, 6) is 0.960. The van der Waals surface area contributed by atoms with Crippen molar-refractivity contribution in [2.75, 3.05) is 18.1 Å². The molecule has 1 saturated carbocycles. The van der Waals surface area contributed by atoms with Crippen molar-refractivity contribution >= 4 is 6.01 Å². The number of nitrogens with one attached hydrogen (secondary N) is 1. The van der Waals surface area contributed by atoms with E-state index in [0.717, 1.165) is 31.1 Å². The molecule has 1 N–H and O–H groups in total. The molecule has 0 bridgehead atoms. The van der Waals surface area contributed by atoms with Gasteiger partial charge in [-0.05, 0) is 18.9 Å². The first kappa shape index (κ1) is 12.7. The molecule has 1 aliphatic carbocycles. The molecule has 1 aromatic heterocycles. The average molecular weight is 285 g/mol. The second-order valence-electron chi connectivity index (χ2n) is 5.65. The third-order valence-corrected chi connectivity index (χ3v) is 3.91. The summed E-state index contributed by atoms with van der Waals surface area (Å²) < 4.78 is 11.4. The fraction of sp³-hybridized carbons (Fsp3) is 0.438. The van der Waals surface area contributed by atoms with Crippen LogP contribution in [0.1, 0.15) is 24.1 Å². The van der Waals surface area contributed by atoms with Crippen molar-refractivity contribution in [2.45, 2.75) is 32.0 Å². The van der Waals surface area contributed by atoms with Gasteiger partial charge in [0, 0.05) is 18.2 Å². The Morgan fingerprint density at radius 2 is 2.19 bits per heavy atom. The van der Waals surface area contributed by atoms with Gasteiger partial charge in [0.05, 0.1) is 18.8 Å². The van der Waals surface area contributed by atoms with Crippen LogP contribution in [0.2, 0.25) is 0 Å². The van der Waals surface area contributed by atoms with Gasteiger partial charge in [0.1, 0.15) is 18.6 Å². The first-order chi connectivity index (χ1) is 10.4. The Labute approximate surface area is 123 Å². The second-order valence-corrected chi connectivity index (χ2v) is 5.65. The molecule has 0 saturated heterocycles. The smallest absolute Gasteiger partial charge is 0.297 e. The summed E-state index contributed by atoms with van der Waals surface area (Å²) in [5.41, 5.74) is 2.14. The molecule has 2 aromatic rings. The molecule has 1 aromatic carbocycles. The zero-order valence-corrected chi connectivity index (χ0v) is 11.9. The zero-order chi connectivity index (χ0) is 14.1. The number of para-hydroxylation sites is 1. The van der Waals surface area contributed by atoms with Crippen molar-refractivity contribution in [2.24, 2.45) is 0 Å². The molecular formula is C16H19N3O2. The van der Waals surface area contributed by atoms with Gasteiger partial charge >= 0.3 is 0 Å². The fourth-order valence-electron chi connectivity index (χ4n) is 2.55. The molecule has 2 heterocycles. The Kier molecular flexibility index (Phi) is 3.27. The first-order valence-electron chi connectivity index (χ1n) is 7.52. The Morgan fingerprint density at radius 3 is 3.10 bits per heavy atom. The van der Waals surface area contributed by atoms with Crippen LogP contribution in [0.4, 0.5) is 6.01 Å². The summed E-state index contributed by atoms with van der Waals surface area (Å²) in [4.78, 5) is 6.72. The van der Waals surface area contributed by atoms with E-state index in [0.29, 0.717) is 18.7 Å². The third kappa shape index (κ3) is 2.88. The van der Waals surface area contributed by atoms with Gasteiger partial charge in [0.25, 0.3) is 6.01 Å². The molecule has 0 radical (unpaired) electrons. The number of oxazole rings is 1. The van der Waals surface area contributed by atoms with Crippen molar-refractivity contribution in [3.05, 3.63) is 41.8 Å². The van der Waals surface area contributed by atoms with Gasteiger partial charge in [0.15, 0.2) is 0 Å². The first-order valence-corrected chi connectivity index (χ1v) is 7.52. The zero-order valence-electron chi connectivity index (χ0n) is 11.9. The maximum Gasteiger partial charge on any atom is 0.297 e. The molecule has 4 rings (SSSR count).